The SMILES string of the molecule is CC(O)CN1CCc2ccc(F)cc21. The van der Waals surface area contributed by atoms with E-state index >= 15 is 0 Å². The molecule has 3 heteroatoms. The number of fused-ring (bicyclic) bond motifs is 1. The summed E-state index contributed by atoms with van der Waals surface area (Å²) in [7, 11) is 0. The van der Waals surface area contributed by atoms with Crippen molar-refractivity contribution in [3.8, 4) is 0 Å². The van der Waals surface area contributed by atoms with E-state index in [-0.39, 0.29) is 11.9 Å². The number of aliphatic hydroxyl groups excluding tert-OH is 1. The molecule has 1 unspecified atom stereocenters. The maximum atomic E-state index is 13.0. The molecule has 0 bridgehead atoms. The molecule has 0 fully saturated rings. The van der Waals surface area contributed by atoms with E-state index in [9.17, 15) is 9.50 Å². The molecule has 76 valence electrons. The highest BCUT2D eigenvalue weighted by molar-refractivity contribution is 5.58. The van der Waals surface area contributed by atoms with Crippen LogP contribution in [0.3, 0.4) is 0 Å². The largest absolute Gasteiger partial charge is 0.392 e. The lowest BCUT2D eigenvalue weighted by Gasteiger charge is -2.20. The molecule has 0 amide bonds. The lowest BCUT2D eigenvalue weighted by molar-refractivity contribution is 0.200. The smallest absolute Gasteiger partial charge is 0.125 e. The Balaban J connectivity index is 2.24. The molecular formula is C11H14FNO. The molecule has 2 rings (SSSR count). The van der Waals surface area contributed by atoms with Crippen molar-refractivity contribution >= 4 is 5.69 Å². The summed E-state index contributed by atoms with van der Waals surface area (Å²) in [4.78, 5) is 2.03. The van der Waals surface area contributed by atoms with Crippen LogP contribution in [0, 0.1) is 5.82 Å². The minimum absolute atomic E-state index is 0.207. The average Bonchev–Trinajstić information content (AvgIpc) is 2.47. The van der Waals surface area contributed by atoms with Crippen LogP contribution in [0.5, 0.6) is 0 Å². The topological polar surface area (TPSA) is 23.5 Å². The maximum absolute atomic E-state index is 13.0. The highest BCUT2D eigenvalue weighted by Gasteiger charge is 2.20. The van der Waals surface area contributed by atoms with Gasteiger partial charge in [0.1, 0.15) is 5.82 Å². The summed E-state index contributed by atoms with van der Waals surface area (Å²) in [6.07, 6.45) is 0.576. The molecule has 2 nitrogen and oxygen atoms in total. The standard InChI is InChI=1S/C11H14FNO/c1-8(14)7-13-5-4-9-2-3-10(12)6-11(9)13/h2-3,6,8,14H,4-5,7H2,1H3. The average molecular weight is 195 g/mol. The van der Waals surface area contributed by atoms with Gasteiger partial charge in [-0.2, -0.15) is 0 Å². The third kappa shape index (κ3) is 1.73. The van der Waals surface area contributed by atoms with Gasteiger partial charge in [0.2, 0.25) is 0 Å². The Labute approximate surface area is 83.0 Å². The molecule has 0 radical (unpaired) electrons. The van der Waals surface area contributed by atoms with Gasteiger partial charge >= 0.3 is 0 Å². The zero-order valence-corrected chi connectivity index (χ0v) is 8.20. The Morgan fingerprint density at radius 2 is 2.36 bits per heavy atom. The van der Waals surface area contributed by atoms with Gasteiger partial charge in [-0.3, -0.25) is 0 Å². The van der Waals surface area contributed by atoms with Crippen molar-refractivity contribution in [2.24, 2.45) is 0 Å². The van der Waals surface area contributed by atoms with E-state index in [1.54, 1.807) is 13.0 Å². The van der Waals surface area contributed by atoms with E-state index in [0.29, 0.717) is 6.54 Å². The van der Waals surface area contributed by atoms with Crippen molar-refractivity contribution in [3.05, 3.63) is 29.6 Å². The quantitative estimate of drug-likeness (QED) is 0.774. The number of hydrogen-bond acceptors (Lipinski definition) is 2. The van der Waals surface area contributed by atoms with Crippen LogP contribution in [0.25, 0.3) is 0 Å². The molecule has 0 aromatic heterocycles. The second-order valence-corrected chi connectivity index (χ2v) is 3.82. The number of rotatable bonds is 2. The van der Waals surface area contributed by atoms with Crippen LogP contribution in [0.2, 0.25) is 0 Å². The molecule has 1 aliphatic heterocycles. The fourth-order valence-corrected chi connectivity index (χ4v) is 1.93. The van der Waals surface area contributed by atoms with Crippen molar-refractivity contribution in [2.75, 3.05) is 18.0 Å². The van der Waals surface area contributed by atoms with E-state index in [4.69, 9.17) is 0 Å². The molecule has 1 aromatic carbocycles. The van der Waals surface area contributed by atoms with Gasteiger partial charge in [0, 0.05) is 18.8 Å². The lowest BCUT2D eigenvalue weighted by atomic mass is 10.2. The first kappa shape index (κ1) is 9.46. The van der Waals surface area contributed by atoms with Gasteiger partial charge in [-0.25, -0.2) is 4.39 Å². The van der Waals surface area contributed by atoms with Crippen LogP contribution in [0.1, 0.15) is 12.5 Å². The van der Waals surface area contributed by atoms with Gasteiger partial charge in [0.15, 0.2) is 0 Å². The summed E-state index contributed by atoms with van der Waals surface area (Å²) in [6, 6.07) is 4.86. The van der Waals surface area contributed by atoms with Crippen LogP contribution in [-0.4, -0.2) is 24.3 Å². The van der Waals surface area contributed by atoms with Crippen LogP contribution >= 0.6 is 0 Å². The predicted octanol–water partition coefficient (Wildman–Crippen LogP) is 1.57. The summed E-state index contributed by atoms with van der Waals surface area (Å²) >= 11 is 0. The fraction of sp³-hybridized carbons (Fsp3) is 0.455. The number of halogens is 1. The molecule has 1 atom stereocenters. The first-order valence-electron chi connectivity index (χ1n) is 4.88. The fourth-order valence-electron chi connectivity index (χ4n) is 1.93. The van der Waals surface area contributed by atoms with Gasteiger partial charge in [-0.15, -0.1) is 0 Å². The molecule has 14 heavy (non-hydrogen) atoms. The zero-order valence-electron chi connectivity index (χ0n) is 8.20. The van der Waals surface area contributed by atoms with Crippen molar-refractivity contribution < 1.29 is 9.50 Å². The Hall–Kier alpha value is -1.09. The van der Waals surface area contributed by atoms with Gasteiger partial charge < -0.3 is 10.0 Å². The van der Waals surface area contributed by atoms with E-state index < -0.39 is 0 Å². The second-order valence-electron chi connectivity index (χ2n) is 3.82. The number of nitrogens with zero attached hydrogens (tertiary/aromatic N) is 1. The molecule has 1 aliphatic rings. The first-order chi connectivity index (χ1) is 6.66. The van der Waals surface area contributed by atoms with Crippen molar-refractivity contribution in [3.63, 3.8) is 0 Å². The normalized spacial score (nSPS) is 16.9. The van der Waals surface area contributed by atoms with Crippen molar-refractivity contribution in [1.82, 2.24) is 0 Å². The first-order valence-corrected chi connectivity index (χ1v) is 4.88. The number of aliphatic hydroxyl groups is 1. The number of hydrogen-bond donors (Lipinski definition) is 1. The monoisotopic (exact) mass is 195 g/mol. The van der Waals surface area contributed by atoms with Gasteiger partial charge in [-0.1, -0.05) is 6.07 Å². The molecular weight excluding hydrogens is 181 g/mol. The van der Waals surface area contributed by atoms with Crippen LogP contribution in [-0.2, 0) is 6.42 Å². The summed E-state index contributed by atoms with van der Waals surface area (Å²) in [5, 5.41) is 9.27. The summed E-state index contributed by atoms with van der Waals surface area (Å²) in [5.74, 6) is -0.207. The number of β-amino-alcohol motifs (C(OH)–C–C–N with tert-alkyl or cyclic N) is 1. The third-order valence-corrected chi connectivity index (χ3v) is 2.52. The van der Waals surface area contributed by atoms with E-state index in [0.717, 1.165) is 18.7 Å². The van der Waals surface area contributed by atoms with E-state index in [1.165, 1.54) is 11.6 Å². The van der Waals surface area contributed by atoms with Gasteiger partial charge in [-0.05, 0) is 31.0 Å². The molecule has 0 aliphatic carbocycles. The van der Waals surface area contributed by atoms with Crippen LogP contribution < -0.4 is 4.90 Å². The van der Waals surface area contributed by atoms with E-state index in [2.05, 4.69) is 0 Å². The Bertz CT molecular complexity index is 338. The van der Waals surface area contributed by atoms with Crippen molar-refractivity contribution in [1.29, 1.82) is 0 Å². The molecule has 0 saturated heterocycles. The van der Waals surface area contributed by atoms with E-state index in [1.807, 2.05) is 11.0 Å². The zero-order chi connectivity index (χ0) is 10.1. The molecule has 1 heterocycles. The van der Waals surface area contributed by atoms with Crippen LogP contribution in [0.15, 0.2) is 18.2 Å². The summed E-state index contributed by atoms with van der Waals surface area (Å²) in [6.45, 7) is 3.21. The summed E-state index contributed by atoms with van der Waals surface area (Å²) < 4.78 is 13.0. The Kier molecular flexibility index (Phi) is 2.42. The highest BCUT2D eigenvalue weighted by atomic mass is 19.1. The third-order valence-electron chi connectivity index (χ3n) is 2.52. The highest BCUT2D eigenvalue weighted by Crippen LogP contribution is 2.28. The van der Waals surface area contributed by atoms with Crippen LogP contribution in [0.4, 0.5) is 10.1 Å². The second kappa shape index (κ2) is 3.58. The Morgan fingerprint density at radius 3 is 3.07 bits per heavy atom. The molecule has 1 N–H and O–H groups in total. The maximum Gasteiger partial charge on any atom is 0.125 e. The molecule has 0 spiro atoms. The number of benzene rings is 1. The summed E-state index contributed by atoms with van der Waals surface area (Å²) in [5.41, 5.74) is 2.11. The van der Waals surface area contributed by atoms with Crippen molar-refractivity contribution in [2.45, 2.75) is 19.4 Å². The van der Waals surface area contributed by atoms with Gasteiger partial charge in [0.05, 0.1) is 6.10 Å². The minimum Gasteiger partial charge on any atom is -0.392 e. The molecule has 0 saturated carbocycles. The van der Waals surface area contributed by atoms with Gasteiger partial charge in [0.25, 0.3) is 0 Å². The molecule has 1 aromatic rings. The predicted molar refractivity (Wildman–Crippen MR) is 54.0 cm³/mol. The number of anilines is 1. The lowest BCUT2D eigenvalue weighted by Crippen LogP contribution is -2.29. The Morgan fingerprint density at radius 1 is 1.57 bits per heavy atom. The minimum atomic E-state index is -0.371.